The number of aromatic nitrogens is 1. The molecule has 1 aromatic heterocycles. The van der Waals surface area contributed by atoms with Crippen molar-refractivity contribution in [2.75, 3.05) is 0 Å². The monoisotopic (exact) mass is 307 g/mol. The van der Waals surface area contributed by atoms with E-state index in [1.807, 2.05) is 12.1 Å². The maximum atomic E-state index is 4.12. The second-order valence-electron chi connectivity index (χ2n) is 2.34. The molecule has 2 heteroatoms. The van der Waals surface area contributed by atoms with Crippen molar-refractivity contribution in [3.63, 3.8) is 0 Å². The fraction of sp³-hybridized carbons (Fsp3) is 0.375. The third kappa shape index (κ3) is 2.60. The van der Waals surface area contributed by atoms with Crippen LogP contribution in [0.15, 0.2) is 18.3 Å². The summed E-state index contributed by atoms with van der Waals surface area (Å²) < 4.78 is 0. The average Bonchev–Trinajstić information content (AvgIpc) is 1.90. The summed E-state index contributed by atoms with van der Waals surface area (Å²) in [4.78, 5) is 4.12. The minimum absolute atomic E-state index is 0. The standard InChI is InChI=1S/C8H10N.Re/c1-7(2)8-5-3-4-6-9-8;/h3,5-7H,1-2H3;/q-1;. The smallest absolute Gasteiger partial charge is 0 e. The van der Waals surface area contributed by atoms with Crippen molar-refractivity contribution in [1.82, 2.24) is 4.98 Å². The first kappa shape index (κ1) is 9.81. The Labute approximate surface area is 75.5 Å². The molecule has 0 unspecified atom stereocenters. The number of nitrogens with zero attached hydrogens (tertiary/aromatic N) is 1. The van der Waals surface area contributed by atoms with Crippen molar-refractivity contribution < 1.29 is 20.4 Å². The molecule has 0 saturated carbocycles. The molecule has 0 amide bonds. The van der Waals surface area contributed by atoms with E-state index in [4.69, 9.17) is 0 Å². The molecule has 1 radical (unpaired) electrons. The average molecular weight is 306 g/mol. The van der Waals surface area contributed by atoms with Crippen LogP contribution in [0, 0.1) is 6.07 Å². The summed E-state index contributed by atoms with van der Waals surface area (Å²) in [7, 11) is 0. The minimum Gasteiger partial charge on any atom is -0.300 e. The Balaban J connectivity index is 0.000000810. The zero-order valence-corrected chi connectivity index (χ0v) is 8.85. The van der Waals surface area contributed by atoms with Gasteiger partial charge in [-0.25, -0.2) is 12.1 Å². The van der Waals surface area contributed by atoms with Gasteiger partial charge in [0.25, 0.3) is 0 Å². The van der Waals surface area contributed by atoms with Crippen LogP contribution in [-0.4, -0.2) is 4.98 Å². The van der Waals surface area contributed by atoms with Gasteiger partial charge in [-0.05, 0) is 11.6 Å². The van der Waals surface area contributed by atoms with Gasteiger partial charge in [0.05, 0.1) is 0 Å². The normalized spacial score (nSPS) is 9.10. The molecule has 0 bridgehead atoms. The van der Waals surface area contributed by atoms with Gasteiger partial charge in [0.1, 0.15) is 0 Å². The largest absolute Gasteiger partial charge is 0.300 e. The molecule has 0 aromatic carbocycles. The summed E-state index contributed by atoms with van der Waals surface area (Å²) >= 11 is 0. The third-order valence-electron chi connectivity index (χ3n) is 1.23. The molecule has 1 aromatic rings. The minimum atomic E-state index is 0. The zero-order valence-electron chi connectivity index (χ0n) is 6.13. The van der Waals surface area contributed by atoms with Crippen LogP contribution < -0.4 is 0 Å². The number of rotatable bonds is 1. The topological polar surface area (TPSA) is 12.9 Å². The second kappa shape index (κ2) is 4.60. The molecule has 0 spiro atoms. The molecular weight excluding hydrogens is 296 g/mol. The van der Waals surface area contributed by atoms with Crippen LogP contribution in [0.1, 0.15) is 25.5 Å². The van der Waals surface area contributed by atoms with Crippen molar-refractivity contribution in [3.05, 3.63) is 30.1 Å². The molecule has 0 aliphatic heterocycles. The SMILES string of the molecule is CC(C)c1cc[c-]cn1.[Re]. The molecule has 0 N–H and O–H groups in total. The van der Waals surface area contributed by atoms with E-state index in [-0.39, 0.29) is 20.4 Å². The van der Waals surface area contributed by atoms with Gasteiger partial charge in [-0.1, -0.05) is 20.0 Å². The molecule has 0 saturated heterocycles. The Kier molecular flexibility index (Phi) is 4.51. The Morgan fingerprint density at radius 3 is 2.50 bits per heavy atom. The molecule has 1 nitrogen and oxygen atoms in total. The quantitative estimate of drug-likeness (QED) is 0.723. The van der Waals surface area contributed by atoms with Crippen LogP contribution in [0.25, 0.3) is 0 Å². The maximum absolute atomic E-state index is 4.12. The van der Waals surface area contributed by atoms with Crippen LogP contribution in [-0.2, 0) is 20.4 Å². The van der Waals surface area contributed by atoms with Crippen molar-refractivity contribution in [2.45, 2.75) is 19.8 Å². The molecule has 10 heavy (non-hydrogen) atoms. The summed E-state index contributed by atoms with van der Waals surface area (Å²) in [5.41, 5.74) is 1.13. The van der Waals surface area contributed by atoms with Crippen molar-refractivity contribution in [3.8, 4) is 0 Å². The van der Waals surface area contributed by atoms with E-state index in [9.17, 15) is 0 Å². The molecule has 0 atom stereocenters. The van der Waals surface area contributed by atoms with Gasteiger partial charge in [0.2, 0.25) is 0 Å². The summed E-state index contributed by atoms with van der Waals surface area (Å²) in [5, 5.41) is 0. The zero-order chi connectivity index (χ0) is 6.69. The van der Waals surface area contributed by atoms with Gasteiger partial charge in [-0.3, -0.25) is 0 Å². The van der Waals surface area contributed by atoms with E-state index < -0.39 is 0 Å². The van der Waals surface area contributed by atoms with Crippen LogP contribution >= 0.6 is 0 Å². The molecule has 0 fully saturated rings. The van der Waals surface area contributed by atoms with Crippen molar-refractivity contribution >= 4 is 0 Å². The van der Waals surface area contributed by atoms with E-state index in [1.165, 1.54) is 0 Å². The Hall–Kier alpha value is -0.188. The number of pyridine rings is 1. The van der Waals surface area contributed by atoms with E-state index in [2.05, 4.69) is 24.9 Å². The Morgan fingerprint density at radius 1 is 1.50 bits per heavy atom. The molecule has 55 valence electrons. The fourth-order valence-corrected chi connectivity index (χ4v) is 0.673. The molecule has 0 aliphatic rings. The van der Waals surface area contributed by atoms with Crippen LogP contribution in [0.3, 0.4) is 0 Å². The molecular formula is C8H10NRe-. The van der Waals surface area contributed by atoms with Crippen molar-refractivity contribution in [2.24, 2.45) is 0 Å². The summed E-state index contributed by atoms with van der Waals surface area (Å²) in [5.74, 6) is 0.527. The summed E-state index contributed by atoms with van der Waals surface area (Å²) in [6, 6.07) is 6.76. The number of hydrogen-bond acceptors (Lipinski definition) is 1. The van der Waals surface area contributed by atoms with Gasteiger partial charge in [-0.15, -0.1) is 0 Å². The number of hydrogen-bond donors (Lipinski definition) is 0. The van der Waals surface area contributed by atoms with E-state index in [1.54, 1.807) is 6.20 Å². The van der Waals surface area contributed by atoms with Crippen LogP contribution in [0.4, 0.5) is 0 Å². The maximum Gasteiger partial charge on any atom is 0 e. The first-order valence-electron chi connectivity index (χ1n) is 3.12. The van der Waals surface area contributed by atoms with E-state index >= 15 is 0 Å². The van der Waals surface area contributed by atoms with Gasteiger partial charge in [0, 0.05) is 20.4 Å². The van der Waals surface area contributed by atoms with Gasteiger partial charge in [-0.2, -0.15) is 6.07 Å². The van der Waals surface area contributed by atoms with E-state index in [0.717, 1.165) is 5.69 Å². The van der Waals surface area contributed by atoms with Gasteiger partial charge in [0.15, 0.2) is 0 Å². The van der Waals surface area contributed by atoms with E-state index in [0.29, 0.717) is 5.92 Å². The van der Waals surface area contributed by atoms with Crippen molar-refractivity contribution in [1.29, 1.82) is 0 Å². The first-order chi connectivity index (χ1) is 4.30. The predicted molar refractivity (Wildman–Crippen MR) is 37.2 cm³/mol. The summed E-state index contributed by atoms with van der Waals surface area (Å²) in [6.45, 7) is 4.25. The Bertz CT molecular complexity index is 172. The van der Waals surface area contributed by atoms with Crippen LogP contribution in [0.5, 0.6) is 0 Å². The van der Waals surface area contributed by atoms with Crippen LogP contribution in [0.2, 0.25) is 0 Å². The molecule has 1 rings (SSSR count). The Morgan fingerprint density at radius 2 is 2.20 bits per heavy atom. The summed E-state index contributed by atoms with van der Waals surface area (Å²) in [6.07, 6.45) is 1.70. The van der Waals surface area contributed by atoms with Gasteiger partial charge < -0.3 is 4.98 Å². The predicted octanol–water partition coefficient (Wildman–Crippen LogP) is 2.00. The molecule has 0 aliphatic carbocycles. The first-order valence-corrected chi connectivity index (χ1v) is 3.12. The third-order valence-corrected chi connectivity index (χ3v) is 1.23. The second-order valence-corrected chi connectivity index (χ2v) is 2.34. The van der Waals surface area contributed by atoms with Gasteiger partial charge >= 0.3 is 0 Å². The fourth-order valence-electron chi connectivity index (χ4n) is 0.673. The molecule has 1 heterocycles.